The number of imide groups is 1. The molecule has 0 bridgehead atoms. The summed E-state index contributed by atoms with van der Waals surface area (Å²) >= 11 is 0. The second-order valence-electron chi connectivity index (χ2n) is 6.77. The first-order valence-corrected chi connectivity index (χ1v) is 8.56. The van der Waals surface area contributed by atoms with Gasteiger partial charge >= 0.3 is 0 Å². The Bertz CT molecular complexity index is 1250. The van der Waals surface area contributed by atoms with E-state index in [1.165, 1.54) is 0 Å². The van der Waals surface area contributed by atoms with E-state index < -0.39 is 0 Å². The van der Waals surface area contributed by atoms with Crippen molar-refractivity contribution in [2.45, 2.75) is 13.8 Å². The highest BCUT2D eigenvalue weighted by atomic mass is 16.2. The molecular weight excluding hydrogens is 324 g/mol. The molecule has 4 heteroatoms. The molecule has 1 aliphatic heterocycles. The zero-order valence-corrected chi connectivity index (χ0v) is 14.4. The quantitative estimate of drug-likeness (QED) is 0.502. The van der Waals surface area contributed by atoms with Crippen molar-refractivity contribution < 1.29 is 9.59 Å². The Morgan fingerprint density at radius 2 is 1.46 bits per heavy atom. The summed E-state index contributed by atoms with van der Waals surface area (Å²) in [5.74, 6) is -0.648. The molecule has 126 valence electrons. The molecule has 0 fully saturated rings. The van der Waals surface area contributed by atoms with Gasteiger partial charge in [0.1, 0.15) is 0 Å². The van der Waals surface area contributed by atoms with Crippen molar-refractivity contribution in [3.63, 3.8) is 0 Å². The van der Waals surface area contributed by atoms with Crippen LogP contribution in [0.3, 0.4) is 0 Å². The molecule has 26 heavy (non-hydrogen) atoms. The van der Waals surface area contributed by atoms with Crippen LogP contribution in [0.2, 0.25) is 0 Å². The van der Waals surface area contributed by atoms with Crippen LogP contribution in [0.1, 0.15) is 31.8 Å². The average molecular weight is 340 g/mol. The van der Waals surface area contributed by atoms with E-state index in [0.29, 0.717) is 11.1 Å². The van der Waals surface area contributed by atoms with E-state index in [1.807, 2.05) is 62.4 Å². The molecule has 0 saturated heterocycles. The van der Waals surface area contributed by atoms with Gasteiger partial charge < -0.3 is 4.98 Å². The van der Waals surface area contributed by atoms with Crippen molar-refractivity contribution >= 4 is 33.6 Å². The molecule has 0 unspecified atom stereocenters. The smallest absolute Gasteiger partial charge is 0.259 e. The monoisotopic (exact) mass is 340 g/mol. The number of aryl methyl sites for hydroxylation is 2. The van der Waals surface area contributed by atoms with E-state index >= 15 is 0 Å². The molecule has 2 N–H and O–H groups in total. The third-order valence-corrected chi connectivity index (χ3v) is 5.29. The molecule has 0 atom stereocenters. The Kier molecular flexibility index (Phi) is 2.89. The Morgan fingerprint density at radius 3 is 2.23 bits per heavy atom. The zero-order chi connectivity index (χ0) is 18.0. The first-order valence-electron chi connectivity index (χ1n) is 8.56. The van der Waals surface area contributed by atoms with Crippen molar-refractivity contribution in [1.29, 1.82) is 0 Å². The molecule has 1 aliphatic rings. The van der Waals surface area contributed by atoms with E-state index in [0.717, 1.165) is 44.1 Å². The summed E-state index contributed by atoms with van der Waals surface area (Å²) in [5.41, 5.74) is 6.72. The molecule has 2 amide bonds. The van der Waals surface area contributed by atoms with Gasteiger partial charge in [0.25, 0.3) is 11.8 Å². The van der Waals surface area contributed by atoms with Crippen molar-refractivity contribution in [1.82, 2.24) is 10.3 Å². The number of benzene rings is 3. The minimum absolute atomic E-state index is 0.323. The number of carbonyl (C=O) groups excluding carboxylic acids is 2. The fourth-order valence-corrected chi connectivity index (χ4v) is 4.12. The number of nitrogens with one attached hydrogen (secondary N) is 2. The van der Waals surface area contributed by atoms with Gasteiger partial charge in [-0.3, -0.25) is 14.9 Å². The number of hydrogen-bond donors (Lipinski definition) is 2. The number of hydrogen-bond acceptors (Lipinski definition) is 2. The third kappa shape index (κ3) is 1.78. The predicted molar refractivity (Wildman–Crippen MR) is 103 cm³/mol. The largest absolute Gasteiger partial charge is 0.354 e. The summed E-state index contributed by atoms with van der Waals surface area (Å²) in [6.07, 6.45) is 0. The summed E-state index contributed by atoms with van der Waals surface area (Å²) in [7, 11) is 0. The number of aromatic amines is 1. The van der Waals surface area contributed by atoms with E-state index in [-0.39, 0.29) is 11.8 Å². The van der Waals surface area contributed by atoms with Crippen LogP contribution in [0.15, 0.2) is 48.5 Å². The number of para-hydroxylation sites is 1. The maximum atomic E-state index is 12.7. The number of carbonyl (C=O) groups is 2. The summed E-state index contributed by atoms with van der Waals surface area (Å²) < 4.78 is 0. The van der Waals surface area contributed by atoms with Crippen LogP contribution < -0.4 is 5.32 Å². The van der Waals surface area contributed by atoms with Gasteiger partial charge in [-0.15, -0.1) is 0 Å². The first-order chi connectivity index (χ1) is 12.6. The standard InChI is InChI=1S/C22H16N2O2/c1-11-7-6-10-14-16-18-17(21(25)24-22(18)26)15(13-8-4-3-5-9-13)12(2)20(16)23-19(11)14/h3-10,23H,1-2H3,(H,24,25,26). The molecule has 0 spiro atoms. The molecule has 0 aliphatic carbocycles. The molecule has 0 radical (unpaired) electrons. The number of aromatic nitrogens is 1. The third-order valence-electron chi connectivity index (χ3n) is 5.29. The molecule has 0 saturated carbocycles. The van der Waals surface area contributed by atoms with Crippen LogP contribution >= 0.6 is 0 Å². The lowest BCUT2D eigenvalue weighted by molar-refractivity contribution is 0.0880. The average Bonchev–Trinajstić information content (AvgIpc) is 3.15. The van der Waals surface area contributed by atoms with Crippen LogP contribution in [-0.2, 0) is 0 Å². The molecular formula is C22H16N2O2. The lowest BCUT2D eigenvalue weighted by Gasteiger charge is -2.12. The normalized spacial score (nSPS) is 13.5. The lowest BCUT2D eigenvalue weighted by atomic mass is 9.89. The van der Waals surface area contributed by atoms with Crippen molar-refractivity contribution in [3.05, 3.63) is 70.8 Å². The molecule has 4 nitrogen and oxygen atoms in total. The Labute approximate surface area is 149 Å². The van der Waals surface area contributed by atoms with E-state index in [4.69, 9.17) is 0 Å². The Morgan fingerprint density at radius 1 is 0.731 bits per heavy atom. The SMILES string of the molecule is Cc1cccc2c1[nH]c1c(C)c(-c3ccccc3)c3c(c12)C(=O)NC3=O. The van der Waals surface area contributed by atoms with E-state index in [2.05, 4.69) is 10.3 Å². The van der Waals surface area contributed by atoms with Crippen LogP contribution in [-0.4, -0.2) is 16.8 Å². The highest BCUT2D eigenvalue weighted by Crippen LogP contribution is 2.42. The summed E-state index contributed by atoms with van der Waals surface area (Å²) in [5, 5.41) is 4.30. The van der Waals surface area contributed by atoms with Gasteiger partial charge in [0.15, 0.2) is 0 Å². The van der Waals surface area contributed by atoms with Crippen LogP contribution in [0.5, 0.6) is 0 Å². The van der Waals surface area contributed by atoms with Gasteiger partial charge in [0.2, 0.25) is 0 Å². The number of H-pyrrole nitrogens is 1. The second kappa shape index (κ2) is 5.05. The highest BCUT2D eigenvalue weighted by molar-refractivity contribution is 6.33. The van der Waals surface area contributed by atoms with Crippen molar-refractivity contribution in [3.8, 4) is 11.1 Å². The maximum Gasteiger partial charge on any atom is 0.259 e. The van der Waals surface area contributed by atoms with Crippen molar-refractivity contribution in [2.75, 3.05) is 0 Å². The van der Waals surface area contributed by atoms with Gasteiger partial charge in [0.05, 0.1) is 16.6 Å². The zero-order valence-electron chi connectivity index (χ0n) is 14.4. The van der Waals surface area contributed by atoms with Gasteiger partial charge in [-0.1, -0.05) is 48.5 Å². The van der Waals surface area contributed by atoms with Crippen LogP contribution in [0.4, 0.5) is 0 Å². The number of fused-ring (bicyclic) bond motifs is 5. The van der Waals surface area contributed by atoms with Crippen LogP contribution in [0.25, 0.3) is 32.9 Å². The topological polar surface area (TPSA) is 62.0 Å². The van der Waals surface area contributed by atoms with E-state index in [1.54, 1.807) is 0 Å². The van der Waals surface area contributed by atoms with Crippen LogP contribution in [0, 0.1) is 13.8 Å². The molecule has 4 aromatic rings. The van der Waals surface area contributed by atoms with Gasteiger partial charge in [-0.2, -0.15) is 0 Å². The predicted octanol–water partition coefficient (Wildman–Crippen LogP) is 4.49. The first kappa shape index (κ1) is 14.9. The van der Waals surface area contributed by atoms with Gasteiger partial charge in [-0.05, 0) is 30.5 Å². The maximum absolute atomic E-state index is 12.7. The second-order valence-corrected chi connectivity index (χ2v) is 6.77. The van der Waals surface area contributed by atoms with Gasteiger partial charge in [-0.25, -0.2) is 0 Å². The molecule has 1 aromatic heterocycles. The summed E-state index contributed by atoms with van der Waals surface area (Å²) in [6.45, 7) is 4.04. The Hall–Kier alpha value is -3.40. The fourth-order valence-electron chi connectivity index (χ4n) is 4.12. The Balaban J connectivity index is 2.06. The molecule has 5 rings (SSSR count). The number of rotatable bonds is 1. The molecule has 2 heterocycles. The minimum Gasteiger partial charge on any atom is -0.354 e. The van der Waals surface area contributed by atoms with Gasteiger partial charge in [0, 0.05) is 21.9 Å². The fraction of sp³-hybridized carbons (Fsp3) is 0.0909. The highest BCUT2D eigenvalue weighted by Gasteiger charge is 2.35. The lowest BCUT2D eigenvalue weighted by Crippen LogP contribution is -2.20. The minimum atomic E-state index is -0.324. The summed E-state index contributed by atoms with van der Waals surface area (Å²) in [6, 6.07) is 15.8. The van der Waals surface area contributed by atoms with Crippen molar-refractivity contribution in [2.24, 2.45) is 0 Å². The molecule has 3 aromatic carbocycles. The number of amides is 2. The van der Waals surface area contributed by atoms with E-state index in [9.17, 15) is 9.59 Å². The summed E-state index contributed by atoms with van der Waals surface area (Å²) in [4.78, 5) is 28.8.